The lowest BCUT2D eigenvalue weighted by Gasteiger charge is -2.30. The predicted molar refractivity (Wildman–Crippen MR) is 99.5 cm³/mol. The second kappa shape index (κ2) is 8.35. The molecule has 1 aromatic carbocycles. The summed E-state index contributed by atoms with van der Waals surface area (Å²) in [4.78, 5) is 25.9. The highest BCUT2D eigenvalue weighted by Gasteiger charge is 2.28. The van der Waals surface area contributed by atoms with E-state index in [1.54, 1.807) is 29.2 Å². The minimum Gasteiger partial charge on any atom is -0.469 e. The third-order valence-electron chi connectivity index (χ3n) is 4.41. The number of carbonyl (C=O) groups is 2. The number of ether oxygens (including phenoxy) is 1. The largest absolute Gasteiger partial charge is 0.469 e. The zero-order valence-electron chi connectivity index (χ0n) is 15.1. The maximum atomic E-state index is 12.6. The van der Waals surface area contributed by atoms with Crippen LogP contribution in [0, 0.1) is 5.92 Å². The molecule has 0 radical (unpaired) electrons. The third kappa shape index (κ3) is 4.63. The van der Waals surface area contributed by atoms with Crippen LogP contribution in [-0.4, -0.2) is 58.2 Å². The molecule has 1 saturated heterocycles. The second-order valence-electron chi connectivity index (χ2n) is 6.22. The van der Waals surface area contributed by atoms with Gasteiger partial charge in [-0.1, -0.05) is 6.08 Å². The zero-order chi connectivity index (χ0) is 19.3. The molecule has 0 spiro atoms. The first kappa shape index (κ1) is 20.0. The minimum absolute atomic E-state index is 0.130. The SMILES string of the molecule is C=CCN(c1ccc(C(=O)N2CCC(C(=O)OC)CC2)cc1)S(C)(=O)=O. The Morgan fingerprint density at radius 1 is 1.27 bits per heavy atom. The van der Waals surface area contributed by atoms with E-state index in [-0.39, 0.29) is 24.3 Å². The fourth-order valence-electron chi connectivity index (χ4n) is 2.99. The number of carbonyl (C=O) groups excluding carboxylic acids is 2. The van der Waals surface area contributed by atoms with Crippen LogP contribution in [0.4, 0.5) is 5.69 Å². The number of hydrogen-bond donors (Lipinski definition) is 0. The number of rotatable bonds is 6. The van der Waals surface area contributed by atoms with Crippen molar-refractivity contribution in [2.45, 2.75) is 12.8 Å². The van der Waals surface area contributed by atoms with Gasteiger partial charge in [0.05, 0.1) is 31.5 Å². The van der Waals surface area contributed by atoms with Crippen molar-refractivity contribution in [2.24, 2.45) is 5.92 Å². The van der Waals surface area contributed by atoms with E-state index < -0.39 is 10.0 Å². The molecule has 1 aliphatic heterocycles. The smallest absolute Gasteiger partial charge is 0.308 e. The van der Waals surface area contributed by atoms with Gasteiger partial charge in [-0.3, -0.25) is 13.9 Å². The van der Waals surface area contributed by atoms with Crippen LogP contribution in [0.15, 0.2) is 36.9 Å². The maximum absolute atomic E-state index is 12.6. The summed E-state index contributed by atoms with van der Waals surface area (Å²) >= 11 is 0. The summed E-state index contributed by atoms with van der Waals surface area (Å²) in [6.07, 6.45) is 3.79. The minimum atomic E-state index is -3.43. The van der Waals surface area contributed by atoms with E-state index in [0.29, 0.717) is 37.2 Å². The third-order valence-corrected chi connectivity index (χ3v) is 5.57. The molecule has 0 aromatic heterocycles. The number of amides is 1. The van der Waals surface area contributed by atoms with E-state index >= 15 is 0 Å². The quantitative estimate of drug-likeness (QED) is 0.554. The molecule has 1 amide bonds. The van der Waals surface area contributed by atoms with Gasteiger partial charge in [0.1, 0.15) is 0 Å². The van der Waals surface area contributed by atoms with E-state index in [1.807, 2.05) is 0 Å². The van der Waals surface area contributed by atoms with E-state index in [4.69, 9.17) is 4.74 Å². The Balaban J connectivity index is 2.07. The summed E-state index contributed by atoms with van der Waals surface area (Å²) in [7, 11) is -2.06. The summed E-state index contributed by atoms with van der Waals surface area (Å²) in [5.41, 5.74) is 0.964. The molecule has 1 heterocycles. The summed E-state index contributed by atoms with van der Waals surface area (Å²) in [6, 6.07) is 6.45. The van der Waals surface area contributed by atoms with Gasteiger partial charge in [-0.05, 0) is 37.1 Å². The Hall–Kier alpha value is -2.35. The Labute approximate surface area is 154 Å². The summed E-state index contributed by atoms with van der Waals surface area (Å²) in [5, 5.41) is 0. The van der Waals surface area contributed by atoms with Gasteiger partial charge in [0, 0.05) is 18.7 Å². The Morgan fingerprint density at radius 2 is 1.85 bits per heavy atom. The van der Waals surface area contributed by atoms with Crippen molar-refractivity contribution in [1.29, 1.82) is 0 Å². The van der Waals surface area contributed by atoms with E-state index in [2.05, 4.69) is 6.58 Å². The first-order chi connectivity index (χ1) is 12.3. The molecule has 7 nitrogen and oxygen atoms in total. The molecule has 0 N–H and O–H groups in total. The highest BCUT2D eigenvalue weighted by atomic mass is 32.2. The lowest BCUT2D eigenvalue weighted by atomic mass is 9.96. The highest BCUT2D eigenvalue weighted by molar-refractivity contribution is 7.92. The lowest BCUT2D eigenvalue weighted by Crippen LogP contribution is -2.40. The molecule has 1 fully saturated rings. The van der Waals surface area contributed by atoms with Crippen molar-refractivity contribution in [1.82, 2.24) is 4.90 Å². The molecule has 2 rings (SSSR count). The van der Waals surface area contributed by atoms with Crippen molar-refractivity contribution in [3.05, 3.63) is 42.5 Å². The van der Waals surface area contributed by atoms with E-state index in [9.17, 15) is 18.0 Å². The van der Waals surface area contributed by atoms with Crippen LogP contribution < -0.4 is 4.31 Å². The number of nitrogens with zero attached hydrogens (tertiary/aromatic N) is 2. The molecule has 1 aromatic rings. The monoisotopic (exact) mass is 380 g/mol. The molecular weight excluding hydrogens is 356 g/mol. The Kier molecular flexibility index (Phi) is 6.42. The van der Waals surface area contributed by atoms with Gasteiger partial charge in [0.25, 0.3) is 5.91 Å². The summed E-state index contributed by atoms with van der Waals surface area (Å²) < 4.78 is 29.7. The molecule has 0 atom stereocenters. The van der Waals surface area contributed by atoms with Gasteiger partial charge >= 0.3 is 5.97 Å². The van der Waals surface area contributed by atoms with Crippen molar-refractivity contribution < 1.29 is 22.7 Å². The fraction of sp³-hybridized carbons (Fsp3) is 0.444. The number of piperidine rings is 1. The fourth-order valence-corrected chi connectivity index (χ4v) is 3.87. The average molecular weight is 380 g/mol. The molecular formula is C18H24N2O5S. The van der Waals surface area contributed by atoms with E-state index in [0.717, 1.165) is 6.26 Å². The second-order valence-corrected chi connectivity index (χ2v) is 8.13. The molecule has 142 valence electrons. The number of esters is 1. The summed E-state index contributed by atoms with van der Waals surface area (Å²) in [6.45, 7) is 4.72. The van der Waals surface area contributed by atoms with Gasteiger partial charge < -0.3 is 9.64 Å². The van der Waals surface area contributed by atoms with Crippen LogP contribution in [-0.2, 0) is 19.6 Å². The van der Waals surface area contributed by atoms with Crippen LogP contribution >= 0.6 is 0 Å². The number of methoxy groups -OCH3 is 1. The first-order valence-electron chi connectivity index (χ1n) is 8.33. The van der Waals surface area contributed by atoms with Gasteiger partial charge in [-0.2, -0.15) is 0 Å². The van der Waals surface area contributed by atoms with Crippen molar-refractivity contribution in [2.75, 3.05) is 37.3 Å². The van der Waals surface area contributed by atoms with Crippen LogP contribution in [0.1, 0.15) is 23.2 Å². The predicted octanol–water partition coefficient (Wildman–Crippen LogP) is 1.66. The number of sulfonamides is 1. The average Bonchev–Trinajstić information content (AvgIpc) is 2.64. The van der Waals surface area contributed by atoms with Crippen LogP contribution in [0.25, 0.3) is 0 Å². The first-order valence-corrected chi connectivity index (χ1v) is 10.2. The number of benzene rings is 1. The molecule has 0 bridgehead atoms. The number of hydrogen-bond acceptors (Lipinski definition) is 5. The number of likely N-dealkylation sites (tertiary alicyclic amines) is 1. The lowest BCUT2D eigenvalue weighted by molar-refractivity contribution is -0.146. The molecule has 0 unspecified atom stereocenters. The zero-order valence-corrected chi connectivity index (χ0v) is 15.9. The van der Waals surface area contributed by atoms with Crippen molar-refractivity contribution >= 4 is 27.6 Å². The molecule has 0 aliphatic carbocycles. The van der Waals surface area contributed by atoms with Crippen LogP contribution in [0.3, 0.4) is 0 Å². The molecule has 26 heavy (non-hydrogen) atoms. The molecule has 1 aliphatic rings. The topological polar surface area (TPSA) is 84.0 Å². The summed E-state index contributed by atoms with van der Waals surface area (Å²) in [5.74, 6) is -0.521. The molecule has 8 heteroatoms. The van der Waals surface area contributed by atoms with Gasteiger partial charge in [0.15, 0.2) is 0 Å². The van der Waals surface area contributed by atoms with Crippen LogP contribution in [0.2, 0.25) is 0 Å². The van der Waals surface area contributed by atoms with Crippen LogP contribution in [0.5, 0.6) is 0 Å². The Morgan fingerprint density at radius 3 is 2.31 bits per heavy atom. The normalized spacial score (nSPS) is 15.4. The van der Waals surface area contributed by atoms with Gasteiger partial charge in [0.2, 0.25) is 10.0 Å². The van der Waals surface area contributed by atoms with Gasteiger partial charge in [-0.25, -0.2) is 8.42 Å². The van der Waals surface area contributed by atoms with E-state index in [1.165, 1.54) is 17.5 Å². The Bertz CT molecular complexity index is 765. The standard InChI is InChI=1S/C18H24N2O5S/c1-4-11-20(26(3,23)24)16-7-5-14(6-8-16)17(21)19-12-9-15(10-13-19)18(22)25-2/h4-8,15H,1,9-13H2,2-3H3. The molecule has 0 saturated carbocycles. The van der Waals surface area contributed by atoms with Gasteiger partial charge in [-0.15, -0.1) is 6.58 Å². The maximum Gasteiger partial charge on any atom is 0.308 e. The van der Waals surface area contributed by atoms with Crippen molar-refractivity contribution in [3.8, 4) is 0 Å². The highest BCUT2D eigenvalue weighted by Crippen LogP contribution is 2.22. The van der Waals surface area contributed by atoms with Crippen molar-refractivity contribution in [3.63, 3.8) is 0 Å². The number of anilines is 1.